The Labute approximate surface area is 176 Å². The molecule has 1 aliphatic carbocycles. The standard InChI is InChI=1S/C24H26ClNO3/c25-21-10-5-4-9-19(21)20-15-17(12-13-18(20)16-7-2-1-3-8-16)23(27)26-14-6-11-22(26)24(28)29/h4-5,9-10,12-13,15-16,22H,1-3,6-8,11,14H2,(H,28,29). The third kappa shape index (κ3) is 4.04. The maximum atomic E-state index is 13.1. The maximum absolute atomic E-state index is 13.1. The van der Waals surface area contributed by atoms with Crippen molar-refractivity contribution in [1.29, 1.82) is 0 Å². The molecule has 0 spiro atoms. The van der Waals surface area contributed by atoms with Crippen LogP contribution >= 0.6 is 11.6 Å². The van der Waals surface area contributed by atoms with E-state index in [1.54, 1.807) is 0 Å². The molecule has 1 saturated heterocycles. The topological polar surface area (TPSA) is 57.6 Å². The summed E-state index contributed by atoms with van der Waals surface area (Å²) in [5.74, 6) is -0.669. The molecule has 0 aromatic heterocycles. The number of rotatable bonds is 4. The number of nitrogens with zero attached hydrogens (tertiary/aromatic N) is 1. The summed E-state index contributed by atoms with van der Waals surface area (Å²) in [4.78, 5) is 26.2. The van der Waals surface area contributed by atoms with E-state index >= 15 is 0 Å². The molecular weight excluding hydrogens is 386 g/mol. The van der Waals surface area contributed by atoms with Crippen LogP contribution in [-0.2, 0) is 4.79 Å². The van der Waals surface area contributed by atoms with Gasteiger partial charge in [-0.1, -0.05) is 55.1 Å². The lowest BCUT2D eigenvalue weighted by atomic mass is 9.80. The second-order valence-electron chi connectivity index (χ2n) is 8.11. The lowest BCUT2D eigenvalue weighted by Crippen LogP contribution is -2.40. The molecule has 1 N–H and O–H groups in total. The Bertz CT molecular complexity index is 920. The average molecular weight is 412 g/mol. The highest BCUT2D eigenvalue weighted by molar-refractivity contribution is 6.33. The summed E-state index contributed by atoms with van der Waals surface area (Å²) in [7, 11) is 0. The van der Waals surface area contributed by atoms with Gasteiger partial charge in [-0.15, -0.1) is 0 Å². The molecule has 1 saturated carbocycles. The van der Waals surface area contributed by atoms with Crippen LogP contribution in [0.15, 0.2) is 42.5 Å². The zero-order valence-corrected chi connectivity index (χ0v) is 17.2. The molecule has 1 unspecified atom stereocenters. The first kappa shape index (κ1) is 20.0. The van der Waals surface area contributed by atoms with E-state index < -0.39 is 12.0 Å². The minimum absolute atomic E-state index is 0.210. The largest absolute Gasteiger partial charge is 0.480 e. The molecule has 1 amide bonds. The van der Waals surface area contributed by atoms with Crippen molar-refractivity contribution in [2.75, 3.05) is 6.54 Å². The van der Waals surface area contributed by atoms with Gasteiger partial charge in [-0.2, -0.15) is 0 Å². The van der Waals surface area contributed by atoms with Gasteiger partial charge in [0.25, 0.3) is 5.91 Å². The molecule has 0 bridgehead atoms. The molecule has 4 nitrogen and oxygen atoms in total. The second kappa shape index (κ2) is 8.58. The SMILES string of the molecule is O=C(O)C1CCCN1C(=O)c1ccc(C2CCCCC2)c(-c2ccccc2Cl)c1. The van der Waals surface area contributed by atoms with Gasteiger partial charge < -0.3 is 10.0 Å². The number of hydrogen-bond donors (Lipinski definition) is 1. The Morgan fingerprint density at radius 2 is 1.69 bits per heavy atom. The van der Waals surface area contributed by atoms with Gasteiger partial charge in [0.1, 0.15) is 6.04 Å². The molecule has 1 aliphatic heterocycles. The Hall–Kier alpha value is -2.33. The highest BCUT2D eigenvalue weighted by Crippen LogP contribution is 2.40. The third-order valence-corrected chi connectivity index (χ3v) is 6.64. The number of carbonyl (C=O) groups excluding carboxylic acids is 1. The minimum Gasteiger partial charge on any atom is -0.480 e. The van der Waals surface area contributed by atoms with Gasteiger partial charge in [0.2, 0.25) is 0 Å². The Morgan fingerprint density at radius 3 is 2.41 bits per heavy atom. The van der Waals surface area contributed by atoms with E-state index in [0.717, 1.165) is 30.4 Å². The fraction of sp³-hybridized carbons (Fsp3) is 0.417. The van der Waals surface area contributed by atoms with Crippen LogP contribution in [0, 0.1) is 0 Å². The van der Waals surface area contributed by atoms with Crippen molar-refractivity contribution in [3.05, 3.63) is 58.6 Å². The van der Waals surface area contributed by atoms with Crippen molar-refractivity contribution in [3.63, 3.8) is 0 Å². The third-order valence-electron chi connectivity index (χ3n) is 6.31. The zero-order valence-electron chi connectivity index (χ0n) is 16.4. The van der Waals surface area contributed by atoms with Crippen LogP contribution in [-0.4, -0.2) is 34.5 Å². The van der Waals surface area contributed by atoms with Crippen molar-refractivity contribution < 1.29 is 14.7 Å². The summed E-state index contributed by atoms with van der Waals surface area (Å²) in [6.45, 7) is 0.488. The normalized spacial score (nSPS) is 20.0. The molecule has 1 atom stereocenters. The van der Waals surface area contributed by atoms with Crippen LogP contribution in [0.3, 0.4) is 0 Å². The van der Waals surface area contributed by atoms with Gasteiger partial charge >= 0.3 is 5.97 Å². The first-order valence-electron chi connectivity index (χ1n) is 10.5. The fourth-order valence-electron chi connectivity index (χ4n) is 4.80. The summed E-state index contributed by atoms with van der Waals surface area (Å²) in [5.41, 5.74) is 3.71. The number of carboxylic acids is 1. The van der Waals surface area contributed by atoms with E-state index in [4.69, 9.17) is 11.6 Å². The monoisotopic (exact) mass is 411 g/mol. The van der Waals surface area contributed by atoms with Crippen LogP contribution in [0.4, 0.5) is 0 Å². The van der Waals surface area contributed by atoms with Crippen LogP contribution < -0.4 is 0 Å². The van der Waals surface area contributed by atoms with E-state index in [1.165, 1.54) is 29.7 Å². The number of carboxylic acid groups (broad SMARTS) is 1. The number of likely N-dealkylation sites (tertiary alicyclic amines) is 1. The summed E-state index contributed by atoms with van der Waals surface area (Å²) in [5, 5.41) is 10.1. The fourth-order valence-corrected chi connectivity index (χ4v) is 5.04. The number of benzene rings is 2. The lowest BCUT2D eigenvalue weighted by Gasteiger charge is -2.26. The van der Waals surface area contributed by atoms with Gasteiger partial charge in [-0.25, -0.2) is 4.79 Å². The number of amides is 1. The molecule has 5 heteroatoms. The van der Waals surface area contributed by atoms with Gasteiger partial charge in [0.05, 0.1) is 0 Å². The first-order valence-corrected chi connectivity index (χ1v) is 10.9. The number of halogens is 1. The average Bonchev–Trinajstić information content (AvgIpc) is 3.24. The molecule has 4 rings (SSSR count). The van der Waals surface area contributed by atoms with E-state index in [0.29, 0.717) is 29.5 Å². The van der Waals surface area contributed by atoms with E-state index in [1.807, 2.05) is 36.4 Å². The Morgan fingerprint density at radius 1 is 0.931 bits per heavy atom. The lowest BCUT2D eigenvalue weighted by molar-refractivity contribution is -0.141. The molecule has 1 heterocycles. The number of hydrogen-bond acceptors (Lipinski definition) is 2. The van der Waals surface area contributed by atoms with Crippen molar-refractivity contribution in [1.82, 2.24) is 4.90 Å². The Balaban J connectivity index is 1.75. The van der Waals surface area contributed by atoms with Crippen molar-refractivity contribution in [2.45, 2.75) is 56.9 Å². The molecular formula is C24H26ClNO3. The first-order chi connectivity index (χ1) is 14.1. The Kier molecular flexibility index (Phi) is 5.91. The van der Waals surface area contributed by atoms with Crippen LogP contribution in [0.25, 0.3) is 11.1 Å². The molecule has 2 aromatic rings. The molecule has 152 valence electrons. The van der Waals surface area contributed by atoms with Gasteiger partial charge in [0, 0.05) is 22.7 Å². The molecule has 0 radical (unpaired) electrons. The summed E-state index contributed by atoms with van der Waals surface area (Å²) in [6, 6.07) is 12.8. The van der Waals surface area contributed by atoms with Crippen molar-refractivity contribution in [2.24, 2.45) is 0 Å². The summed E-state index contributed by atoms with van der Waals surface area (Å²) >= 11 is 6.52. The summed E-state index contributed by atoms with van der Waals surface area (Å²) < 4.78 is 0. The quantitative estimate of drug-likeness (QED) is 0.697. The zero-order chi connectivity index (χ0) is 20.4. The smallest absolute Gasteiger partial charge is 0.326 e. The molecule has 2 aromatic carbocycles. The number of carbonyl (C=O) groups is 2. The van der Waals surface area contributed by atoms with Gasteiger partial charge in [-0.3, -0.25) is 4.79 Å². The van der Waals surface area contributed by atoms with Gasteiger partial charge in [-0.05, 0) is 60.9 Å². The molecule has 2 fully saturated rings. The predicted molar refractivity (Wildman–Crippen MR) is 114 cm³/mol. The van der Waals surface area contributed by atoms with E-state index in [9.17, 15) is 14.7 Å². The van der Waals surface area contributed by atoms with Crippen LogP contribution in [0.1, 0.15) is 66.8 Å². The molecule has 29 heavy (non-hydrogen) atoms. The predicted octanol–water partition coefficient (Wildman–Crippen LogP) is 5.74. The van der Waals surface area contributed by atoms with Gasteiger partial charge in [0.15, 0.2) is 0 Å². The maximum Gasteiger partial charge on any atom is 0.326 e. The van der Waals surface area contributed by atoms with Crippen LogP contribution in [0.2, 0.25) is 5.02 Å². The number of aliphatic carboxylic acids is 1. The minimum atomic E-state index is -0.930. The van der Waals surface area contributed by atoms with Crippen LogP contribution in [0.5, 0.6) is 0 Å². The second-order valence-corrected chi connectivity index (χ2v) is 8.52. The van der Waals surface area contributed by atoms with E-state index in [-0.39, 0.29) is 5.91 Å². The summed E-state index contributed by atoms with van der Waals surface area (Å²) in [6.07, 6.45) is 7.26. The van der Waals surface area contributed by atoms with E-state index in [2.05, 4.69) is 6.07 Å². The highest BCUT2D eigenvalue weighted by Gasteiger charge is 2.34. The highest BCUT2D eigenvalue weighted by atomic mass is 35.5. The molecule has 2 aliphatic rings. The van der Waals surface area contributed by atoms with Crippen molar-refractivity contribution >= 4 is 23.5 Å². The van der Waals surface area contributed by atoms with Crippen molar-refractivity contribution in [3.8, 4) is 11.1 Å².